The molecule has 2 atom stereocenters. The van der Waals surface area contributed by atoms with Crippen molar-refractivity contribution in [3.8, 4) is 0 Å². The number of nitrogens with zero attached hydrogens (tertiary/aromatic N) is 1. The molecule has 2 N–H and O–H groups in total. The lowest BCUT2D eigenvalue weighted by Gasteiger charge is -2.50. The lowest BCUT2D eigenvalue weighted by molar-refractivity contribution is -0.123. The molecule has 3 aliphatic rings. The Morgan fingerprint density at radius 1 is 1.12 bits per heavy atom. The molecule has 4 rings (SSSR count). The summed E-state index contributed by atoms with van der Waals surface area (Å²) in [6.07, 6.45) is 7.78. The fraction of sp³-hybridized carbons (Fsp3) is 0.619. The van der Waals surface area contributed by atoms with Crippen LogP contribution in [0.1, 0.15) is 56.1 Å². The lowest BCUT2D eigenvalue weighted by Crippen LogP contribution is -2.59. The molecular weight excluding hydrogens is 342 g/mol. The predicted molar refractivity (Wildman–Crippen MR) is 109 cm³/mol. The Balaban J connectivity index is 1.44. The average molecular weight is 372 g/mol. The van der Waals surface area contributed by atoms with E-state index in [0.29, 0.717) is 24.0 Å². The third-order valence-corrected chi connectivity index (χ3v) is 6.45. The molecule has 26 heavy (non-hydrogen) atoms. The number of piperidine rings is 2. The van der Waals surface area contributed by atoms with Gasteiger partial charge in [0, 0.05) is 29.7 Å². The Morgan fingerprint density at radius 3 is 2.46 bits per heavy atom. The molecule has 2 heterocycles. The van der Waals surface area contributed by atoms with Gasteiger partial charge < -0.3 is 15.5 Å². The third-order valence-electron chi connectivity index (χ3n) is 6.14. The number of carbonyl (C=O) groups is 1. The van der Waals surface area contributed by atoms with Crippen LogP contribution in [0.4, 0.5) is 5.69 Å². The molecular formula is C21H29N3OS. The molecule has 140 valence electrons. The molecule has 1 aliphatic carbocycles. The highest BCUT2D eigenvalue weighted by molar-refractivity contribution is 7.80. The summed E-state index contributed by atoms with van der Waals surface area (Å²) in [7, 11) is 0. The van der Waals surface area contributed by atoms with Crippen LogP contribution >= 0.6 is 12.2 Å². The van der Waals surface area contributed by atoms with Gasteiger partial charge in [0.1, 0.15) is 0 Å². The number of carbonyl (C=O) groups excluding carboxylic acids is 1. The molecule has 2 bridgehead atoms. The van der Waals surface area contributed by atoms with Crippen LogP contribution < -0.4 is 10.6 Å². The summed E-state index contributed by atoms with van der Waals surface area (Å²) in [5.41, 5.74) is 3.56. The molecule has 1 saturated carbocycles. The molecule has 2 aliphatic heterocycles. The summed E-state index contributed by atoms with van der Waals surface area (Å²) < 4.78 is 0. The van der Waals surface area contributed by atoms with Gasteiger partial charge in [-0.1, -0.05) is 12.1 Å². The van der Waals surface area contributed by atoms with Crippen LogP contribution in [0.3, 0.4) is 0 Å². The van der Waals surface area contributed by atoms with Gasteiger partial charge >= 0.3 is 0 Å². The maximum absolute atomic E-state index is 12.2. The maximum atomic E-state index is 12.2. The van der Waals surface area contributed by atoms with Gasteiger partial charge in [0.15, 0.2) is 5.11 Å². The average Bonchev–Trinajstić information content (AvgIpc) is 3.42. The van der Waals surface area contributed by atoms with Crippen molar-refractivity contribution in [3.63, 3.8) is 0 Å². The Morgan fingerprint density at radius 2 is 1.81 bits per heavy atom. The highest BCUT2D eigenvalue weighted by Gasteiger charge is 2.41. The van der Waals surface area contributed by atoms with Gasteiger partial charge in [-0.15, -0.1) is 0 Å². The van der Waals surface area contributed by atoms with E-state index in [4.69, 9.17) is 12.2 Å². The van der Waals surface area contributed by atoms with Gasteiger partial charge in [-0.25, -0.2) is 0 Å². The van der Waals surface area contributed by atoms with Gasteiger partial charge in [-0.3, -0.25) is 4.79 Å². The number of hydrogen-bond acceptors (Lipinski definition) is 2. The number of benzene rings is 1. The zero-order valence-corrected chi connectivity index (χ0v) is 16.6. The number of fused-ring (bicyclic) bond motifs is 2. The van der Waals surface area contributed by atoms with Crippen LogP contribution in [0, 0.1) is 19.8 Å². The molecule has 1 amide bonds. The third kappa shape index (κ3) is 3.73. The minimum Gasteiger partial charge on any atom is -0.353 e. The molecule has 0 unspecified atom stereocenters. The first kappa shape index (κ1) is 17.8. The standard InChI is InChI=1S/C21H29N3OS/c1-13-6-7-14(2)19(10-13)23-21(26)24-17-4-3-5-18(24)12-16(11-17)22-20(25)15-8-9-15/h6-7,10,15-18H,3-5,8-9,11-12H2,1-2H3,(H,22,25)(H,23,26)/t17-,18-/m0/s1. The van der Waals surface area contributed by atoms with Gasteiger partial charge in [-0.05, 0) is 88.2 Å². The number of thiocarbonyl (C=S) groups is 1. The number of aryl methyl sites for hydroxylation is 2. The van der Waals surface area contributed by atoms with E-state index in [1.165, 1.54) is 30.4 Å². The van der Waals surface area contributed by atoms with Crippen LogP contribution in [0.2, 0.25) is 0 Å². The molecule has 4 nitrogen and oxygen atoms in total. The SMILES string of the molecule is Cc1ccc(C)c(NC(=S)N2[C@H]3CCC[C@H]2CC(NC(=O)C2CC2)C3)c1. The number of anilines is 1. The van der Waals surface area contributed by atoms with Crippen LogP contribution in [0.15, 0.2) is 18.2 Å². The minimum absolute atomic E-state index is 0.276. The second-order valence-corrected chi connectivity index (χ2v) is 8.73. The van der Waals surface area contributed by atoms with E-state index in [0.717, 1.165) is 36.5 Å². The quantitative estimate of drug-likeness (QED) is 0.791. The van der Waals surface area contributed by atoms with Crippen molar-refractivity contribution >= 4 is 28.9 Å². The zero-order chi connectivity index (χ0) is 18.3. The van der Waals surface area contributed by atoms with Gasteiger partial charge in [0.2, 0.25) is 5.91 Å². The molecule has 2 saturated heterocycles. The van der Waals surface area contributed by atoms with E-state index in [1.54, 1.807) is 0 Å². The smallest absolute Gasteiger partial charge is 0.223 e. The molecule has 3 fully saturated rings. The van der Waals surface area contributed by atoms with E-state index in [9.17, 15) is 4.79 Å². The van der Waals surface area contributed by atoms with Crippen molar-refractivity contribution < 1.29 is 4.79 Å². The van der Waals surface area contributed by atoms with E-state index in [2.05, 4.69) is 47.6 Å². The summed E-state index contributed by atoms with van der Waals surface area (Å²) in [6.45, 7) is 4.22. The van der Waals surface area contributed by atoms with Gasteiger partial charge in [-0.2, -0.15) is 0 Å². The van der Waals surface area contributed by atoms with Crippen molar-refractivity contribution in [1.82, 2.24) is 10.2 Å². The zero-order valence-electron chi connectivity index (χ0n) is 15.8. The number of nitrogens with one attached hydrogen (secondary N) is 2. The van der Waals surface area contributed by atoms with Crippen molar-refractivity contribution in [2.24, 2.45) is 5.92 Å². The summed E-state index contributed by atoms with van der Waals surface area (Å²) >= 11 is 5.82. The van der Waals surface area contributed by atoms with Crippen LogP contribution in [-0.2, 0) is 4.79 Å². The van der Waals surface area contributed by atoms with Crippen LogP contribution in [0.5, 0.6) is 0 Å². The largest absolute Gasteiger partial charge is 0.353 e. The number of amides is 1. The fourth-order valence-corrected chi connectivity index (χ4v) is 4.95. The van der Waals surface area contributed by atoms with Crippen LogP contribution in [0.25, 0.3) is 0 Å². The second-order valence-electron chi connectivity index (χ2n) is 8.35. The highest BCUT2D eigenvalue weighted by Crippen LogP contribution is 2.36. The Bertz CT molecular complexity index is 701. The molecule has 0 aromatic heterocycles. The Kier molecular flexibility index (Phi) is 4.91. The lowest BCUT2D eigenvalue weighted by atomic mass is 9.82. The summed E-state index contributed by atoms with van der Waals surface area (Å²) in [5.74, 6) is 0.567. The Labute approximate surface area is 161 Å². The molecule has 1 aromatic rings. The van der Waals surface area contributed by atoms with E-state index in [-0.39, 0.29) is 5.91 Å². The van der Waals surface area contributed by atoms with Crippen molar-refractivity contribution in [3.05, 3.63) is 29.3 Å². The molecule has 1 aromatic carbocycles. The first-order chi connectivity index (χ1) is 12.5. The fourth-order valence-electron chi connectivity index (χ4n) is 4.55. The van der Waals surface area contributed by atoms with Crippen molar-refractivity contribution in [2.75, 3.05) is 5.32 Å². The number of hydrogen-bond donors (Lipinski definition) is 2. The predicted octanol–water partition coefficient (Wildman–Crippen LogP) is 3.91. The summed E-state index contributed by atoms with van der Waals surface area (Å²) in [5, 5.41) is 7.66. The van der Waals surface area contributed by atoms with Crippen molar-refractivity contribution in [2.45, 2.75) is 76.9 Å². The van der Waals surface area contributed by atoms with Crippen LogP contribution in [-0.4, -0.2) is 34.0 Å². The minimum atomic E-state index is 0.276. The Hall–Kier alpha value is -1.62. The van der Waals surface area contributed by atoms with E-state index in [1.807, 2.05) is 0 Å². The summed E-state index contributed by atoms with van der Waals surface area (Å²) in [6, 6.07) is 7.64. The van der Waals surface area contributed by atoms with E-state index < -0.39 is 0 Å². The summed E-state index contributed by atoms with van der Waals surface area (Å²) in [4.78, 5) is 14.6. The highest BCUT2D eigenvalue weighted by atomic mass is 32.1. The molecule has 0 radical (unpaired) electrons. The maximum Gasteiger partial charge on any atom is 0.223 e. The topological polar surface area (TPSA) is 44.4 Å². The molecule has 5 heteroatoms. The monoisotopic (exact) mass is 371 g/mol. The van der Waals surface area contributed by atoms with E-state index >= 15 is 0 Å². The van der Waals surface area contributed by atoms with Gasteiger partial charge in [0.05, 0.1) is 0 Å². The second kappa shape index (κ2) is 7.18. The van der Waals surface area contributed by atoms with Crippen molar-refractivity contribution in [1.29, 1.82) is 0 Å². The first-order valence-electron chi connectivity index (χ1n) is 9.98. The first-order valence-corrected chi connectivity index (χ1v) is 10.4. The van der Waals surface area contributed by atoms with Gasteiger partial charge in [0.25, 0.3) is 0 Å². The molecule has 0 spiro atoms. The number of rotatable bonds is 3. The normalized spacial score (nSPS) is 27.8.